The van der Waals surface area contributed by atoms with Crippen LogP contribution in [-0.4, -0.2) is 43.2 Å². The second kappa shape index (κ2) is 5.88. The summed E-state index contributed by atoms with van der Waals surface area (Å²) in [4.78, 5) is 12.6. The summed E-state index contributed by atoms with van der Waals surface area (Å²) < 4.78 is 10.9. The van der Waals surface area contributed by atoms with Crippen molar-refractivity contribution in [2.75, 3.05) is 27.3 Å². The van der Waals surface area contributed by atoms with Crippen LogP contribution in [0.2, 0.25) is 0 Å². The summed E-state index contributed by atoms with van der Waals surface area (Å²) in [7, 11) is 3.58. The number of rotatable bonds is 5. The molecule has 19 heavy (non-hydrogen) atoms. The van der Waals surface area contributed by atoms with E-state index in [0.717, 1.165) is 19.4 Å². The van der Waals surface area contributed by atoms with Crippen LogP contribution in [0.1, 0.15) is 12.8 Å². The standard InChI is InChI=1S/C13H18N2O4/c1-14-7-3-4-11(14)9-19-13-8-10(15(16)17)5-6-12(13)18-2/h5-6,8,11H,3-4,7,9H2,1-2H3. The zero-order chi connectivity index (χ0) is 13.8. The molecular weight excluding hydrogens is 248 g/mol. The van der Waals surface area contributed by atoms with Crippen LogP contribution in [0.3, 0.4) is 0 Å². The molecule has 1 aromatic carbocycles. The first kappa shape index (κ1) is 13.6. The van der Waals surface area contributed by atoms with Crippen molar-refractivity contribution < 1.29 is 14.4 Å². The van der Waals surface area contributed by atoms with Gasteiger partial charge >= 0.3 is 0 Å². The van der Waals surface area contributed by atoms with Crippen LogP contribution in [-0.2, 0) is 0 Å². The van der Waals surface area contributed by atoms with E-state index in [9.17, 15) is 10.1 Å². The average molecular weight is 266 g/mol. The normalized spacial score (nSPS) is 19.4. The number of likely N-dealkylation sites (N-methyl/N-ethyl adjacent to an activating group) is 1. The van der Waals surface area contributed by atoms with Crippen molar-refractivity contribution >= 4 is 5.69 Å². The highest BCUT2D eigenvalue weighted by molar-refractivity contribution is 5.48. The fourth-order valence-corrected chi connectivity index (χ4v) is 2.27. The average Bonchev–Trinajstić information content (AvgIpc) is 2.81. The highest BCUT2D eigenvalue weighted by atomic mass is 16.6. The molecule has 0 aromatic heterocycles. The first-order valence-corrected chi connectivity index (χ1v) is 6.27. The van der Waals surface area contributed by atoms with Crippen LogP contribution in [0.4, 0.5) is 5.69 Å². The molecule has 1 saturated heterocycles. The minimum Gasteiger partial charge on any atom is -0.493 e. The zero-order valence-electron chi connectivity index (χ0n) is 11.2. The van der Waals surface area contributed by atoms with E-state index >= 15 is 0 Å². The van der Waals surface area contributed by atoms with E-state index in [4.69, 9.17) is 9.47 Å². The Morgan fingerprint density at radius 2 is 2.26 bits per heavy atom. The second-order valence-corrected chi connectivity index (χ2v) is 4.68. The number of nitro groups is 1. The molecule has 6 nitrogen and oxygen atoms in total. The lowest BCUT2D eigenvalue weighted by molar-refractivity contribution is -0.385. The van der Waals surface area contributed by atoms with E-state index in [1.807, 2.05) is 0 Å². The third kappa shape index (κ3) is 3.14. The fourth-order valence-electron chi connectivity index (χ4n) is 2.27. The van der Waals surface area contributed by atoms with Crippen molar-refractivity contribution in [3.05, 3.63) is 28.3 Å². The molecule has 1 heterocycles. The number of hydrogen-bond donors (Lipinski definition) is 0. The largest absolute Gasteiger partial charge is 0.493 e. The minimum absolute atomic E-state index is 0.00979. The molecule has 1 atom stereocenters. The molecule has 6 heteroatoms. The number of hydrogen-bond acceptors (Lipinski definition) is 5. The van der Waals surface area contributed by atoms with E-state index < -0.39 is 4.92 Å². The first-order chi connectivity index (χ1) is 9.11. The number of likely N-dealkylation sites (tertiary alicyclic amines) is 1. The summed E-state index contributed by atoms with van der Waals surface area (Å²) >= 11 is 0. The first-order valence-electron chi connectivity index (χ1n) is 6.27. The van der Waals surface area contributed by atoms with Gasteiger partial charge in [0.2, 0.25) is 0 Å². The molecule has 0 amide bonds. The van der Waals surface area contributed by atoms with Crippen molar-refractivity contribution in [3.8, 4) is 11.5 Å². The fraction of sp³-hybridized carbons (Fsp3) is 0.538. The van der Waals surface area contributed by atoms with Crippen LogP contribution in [0, 0.1) is 10.1 Å². The van der Waals surface area contributed by atoms with Gasteiger partial charge in [-0.1, -0.05) is 0 Å². The number of non-ortho nitro benzene ring substituents is 1. The number of nitro benzene ring substituents is 1. The van der Waals surface area contributed by atoms with Crippen molar-refractivity contribution in [2.24, 2.45) is 0 Å². The molecule has 1 fully saturated rings. The molecule has 104 valence electrons. The Hall–Kier alpha value is -1.82. The molecule has 0 saturated carbocycles. The van der Waals surface area contributed by atoms with Gasteiger partial charge in [-0.25, -0.2) is 0 Å². The Bertz CT molecular complexity index is 464. The van der Waals surface area contributed by atoms with Crippen LogP contribution >= 0.6 is 0 Å². The molecule has 0 aliphatic carbocycles. The maximum atomic E-state index is 10.8. The van der Waals surface area contributed by atoms with Gasteiger partial charge in [0.05, 0.1) is 18.1 Å². The Kier molecular flexibility index (Phi) is 4.21. The van der Waals surface area contributed by atoms with Gasteiger partial charge < -0.3 is 14.4 Å². The molecule has 1 unspecified atom stereocenters. The maximum Gasteiger partial charge on any atom is 0.273 e. The molecule has 0 radical (unpaired) electrons. The van der Waals surface area contributed by atoms with Gasteiger partial charge in [0.15, 0.2) is 11.5 Å². The summed E-state index contributed by atoms with van der Waals surface area (Å²) in [6.07, 6.45) is 2.25. The van der Waals surface area contributed by atoms with E-state index in [1.165, 1.54) is 19.2 Å². The summed E-state index contributed by atoms with van der Waals surface area (Å²) in [5, 5.41) is 10.8. The predicted octanol–water partition coefficient (Wildman–Crippen LogP) is 2.08. The van der Waals surface area contributed by atoms with Gasteiger partial charge in [-0.15, -0.1) is 0 Å². The lowest BCUT2D eigenvalue weighted by Crippen LogP contribution is -2.30. The lowest BCUT2D eigenvalue weighted by Gasteiger charge is -2.20. The maximum absolute atomic E-state index is 10.8. The molecule has 0 spiro atoms. The topological polar surface area (TPSA) is 64.8 Å². The van der Waals surface area contributed by atoms with Crippen LogP contribution in [0.15, 0.2) is 18.2 Å². The molecule has 2 rings (SSSR count). The van der Waals surface area contributed by atoms with E-state index in [2.05, 4.69) is 11.9 Å². The molecule has 1 aliphatic rings. The molecule has 1 aliphatic heterocycles. The van der Waals surface area contributed by atoms with Gasteiger partial charge in [0.25, 0.3) is 5.69 Å². The lowest BCUT2D eigenvalue weighted by atomic mass is 10.2. The number of methoxy groups -OCH3 is 1. The SMILES string of the molecule is COc1ccc([N+](=O)[O-])cc1OCC1CCCN1C. The van der Waals surface area contributed by atoms with Gasteiger partial charge in [0.1, 0.15) is 6.61 Å². The number of nitrogens with zero attached hydrogens (tertiary/aromatic N) is 2. The minimum atomic E-state index is -0.437. The molecular formula is C13H18N2O4. The third-order valence-corrected chi connectivity index (χ3v) is 3.46. The molecule has 0 bridgehead atoms. The summed E-state index contributed by atoms with van der Waals surface area (Å²) in [6.45, 7) is 1.59. The van der Waals surface area contributed by atoms with E-state index in [0.29, 0.717) is 24.1 Å². The second-order valence-electron chi connectivity index (χ2n) is 4.68. The van der Waals surface area contributed by atoms with Gasteiger partial charge in [-0.05, 0) is 32.5 Å². The quantitative estimate of drug-likeness (QED) is 0.603. The Labute approximate surface area is 112 Å². The van der Waals surface area contributed by atoms with Crippen LogP contribution in [0.5, 0.6) is 11.5 Å². The highest BCUT2D eigenvalue weighted by Crippen LogP contribution is 2.31. The van der Waals surface area contributed by atoms with Crippen LogP contribution < -0.4 is 9.47 Å². The highest BCUT2D eigenvalue weighted by Gasteiger charge is 2.22. The molecule has 1 aromatic rings. The van der Waals surface area contributed by atoms with Crippen molar-refractivity contribution in [2.45, 2.75) is 18.9 Å². The summed E-state index contributed by atoms with van der Waals surface area (Å²) in [5.74, 6) is 0.947. The Morgan fingerprint density at radius 3 is 2.84 bits per heavy atom. The molecule has 0 N–H and O–H groups in total. The Morgan fingerprint density at radius 1 is 1.47 bits per heavy atom. The summed E-state index contributed by atoms with van der Waals surface area (Å²) in [5.41, 5.74) is 0.00979. The van der Waals surface area contributed by atoms with E-state index in [1.54, 1.807) is 6.07 Å². The van der Waals surface area contributed by atoms with Gasteiger partial charge in [-0.2, -0.15) is 0 Å². The summed E-state index contributed by atoms with van der Waals surface area (Å²) in [6, 6.07) is 4.75. The number of benzene rings is 1. The van der Waals surface area contributed by atoms with Crippen LogP contribution in [0.25, 0.3) is 0 Å². The third-order valence-electron chi connectivity index (χ3n) is 3.46. The van der Waals surface area contributed by atoms with E-state index in [-0.39, 0.29) is 5.69 Å². The van der Waals surface area contributed by atoms with Gasteiger partial charge in [0, 0.05) is 12.1 Å². The monoisotopic (exact) mass is 266 g/mol. The smallest absolute Gasteiger partial charge is 0.273 e. The Balaban J connectivity index is 2.09. The van der Waals surface area contributed by atoms with Crippen molar-refractivity contribution in [1.29, 1.82) is 0 Å². The zero-order valence-corrected chi connectivity index (χ0v) is 11.2. The number of ether oxygens (including phenoxy) is 2. The van der Waals surface area contributed by atoms with Crippen molar-refractivity contribution in [3.63, 3.8) is 0 Å². The predicted molar refractivity (Wildman–Crippen MR) is 70.8 cm³/mol. The van der Waals surface area contributed by atoms with Gasteiger partial charge in [-0.3, -0.25) is 10.1 Å². The van der Waals surface area contributed by atoms with Crippen molar-refractivity contribution in [1.82, 2.24) is 4.90 Å².